The molecule has 0 atom stereocenters. The molecule has 9 heteroatoms. The van der Waals surface area contributed by atoms with Gasteiger partial charge in [0.05, 0.1) is 5.69 Å². The molecule has 0 radical (unpaired) electrons. The zero-order valence-electron chi connectivity index (χ0n) is 18.8. The van der Waals surface area contributed by atoms with E-state index in [2.05, 4.69) is 20.5 Å². The third-order valence-electron chi connectivity index (χ3n) is 6.59. The maximum Gasteiger partial charge on any atom is 0.404 e. The van der Waals surface area contributed by atoms with Crippen LogP contribution in [0.3, 0.4) is 0 Å². The smallest absolute Gasteiger partial charge is 0.404 e. The maximum atomic E-state index is 12.0. The zero-order valence-corrected chi connectivity index (χ0v) is 18.8. The Bertz CT molecular complexity index is 984. The quantitative estimate of drug-likeness (QED) is 0.505. The fraction of sp³-hybridized carbons (Fsp3) is 0.500. The summed E-state index contributed by atoms with van der Waals surface area (Å²) >= 11 is 0. The Morgan fingerprint density at radius 3 is 2.55 bits per heavy atom. The highest BCUT2D eigenvalue weighted by Gasteiger charge is 2.22. The molecular formula is C24H32N6O3. The number of nitrogens with two attached hydrogens (primary N) is 1. The van der Waals surface area contributed by atoms with Gasteiger partial charge in [0.1, 0.15) is 11.6 Å². The normalized spacial score (nSPS) is 17.5. The highest BCUT2D eigenvalue weighted by atomic mass is 16.4. The molecule has 33 heavy (non-hydrogen) atoms. The van der Waals surface area contributed by atoms with Crippen molar-refractivity contribution < 1.29 is 14.7 Å². The van der Waals surface area contributed by atoms with Crippen LogP contribution in [0.4, 0.5) is 16.4 Å². The minimum atomic E-state index is -0.993. The van der Waals surface area contributed by atoms with Crippen LogP contribution >= 0.6 is 0 Å². The number of carboxylic acid groups (broad SMARTS) is 1. The number of aromatic nitrogens is 2. The monoisotopic (exact) mass is 452 g/mol. The lowest BCUT2D eigenvalue weighted by Gasteiger charge is -2.33. The van der Waals surface area contributed by atoms with E-state index in [0.717, 1.165) is 50.2 Å². The summed E-state index contributed by atoms with van der Waals surface area (Å²) in [4.78, 5) is 34.3. The van der Waals surface area contributed by atoms with Gasteiger partial charge >= 0.3 is 6.09 Å². The summed E-state index contributed by atoms with van der Waals surface area (Å²) in [5.41, 5.74) is 7.62. The van der Waals surface area contributed by atoms with Gasteiger partial charge in [-0.1, -0.05) is 19.3 Å². The van der Waals surface area contributed by atoms with E-state index in [1.165, 1.54) is 19.3 Å². The molecule has 176 valence electrons. The fourth-order valence-corrected chi connectivity index (χ4v) is 4.69. The Morgan fingerprint density at radius 2 is 1.85 bits per heavy atom. The zero-order chi connectivity index (χ0) is 23.2. The van der Waals surface area contributed by atoms with Gasteiger partial charge in [-0.25, -0.2) is 14.8 Å². The van der Waals surface area contributed by atoms with Gasteiger partial charge in [0.15, 0.2) is 0 Å². The number of hydrogen-bond acceptors (Lipinski definition) is 6. The van der Waals surface area contributed by atoms with Gasteiger partial charge in [-0.3, -0.25) is 4.79 Å². The molecule has 3 heterocycles. The molecule has 0 unspecified atom stereocenters. The number of anilines is 2. The number of carbonyl (C=O) groups excluding carboxylic acids is 1. The van der Waals surface area contributed by atoms with Gasteiger partial charge in [0.2, 0.25) is 5.91 Å². The van der Waals surface area contributed by atoms with Gasteiger partial charge < -0.3 is 26.4 Å². The molecule has 4 rings (SSSR count). The average Bonchev–Trinajstić information content (AvgIpc) is 2.83. The molecule has 0 bridgehead atoms. The predicted molar refractivity (Wildman–Crippen MR) is 127 cm³/mol. The molecule has 0 spiro atoms. The largest absolute Gasteiger partial charge is 0.465 e. The van der Waals surface area contributed by atoms with Crippen LogP contribution in [0.1, 0.15) is 55.3 Å². The van der Waals surface area contributed by atoms with Crippen molar-refractivity contribution in [2.45, 2.75) is 51.0 Å². The number of nitrogens with zero attached hydrogens (tertiary/aromatic N) is 3. The van der Waals surface area contributed by atoms with E-state index >= 15 is 0 Å². The molecule has 2 aliphatic rings. The van der Waals surface area contributed by atoms with Crippen molar-refractivity contribution in [3.63, 3.8) is 0 Å². The molecule has 1 aliphatic carbocycles. The lowest BCUT2D eigenvalue weighted by Crippen LogP contribution is -2.38. The number of pyridine rings is 2. The molecule has 1 saturated heterocycles. The van der Waals surface area contributed by atoms with Crippen LogP contribution in [-0.4, -0.2) is 52.8 Å². The van der Waals surface area contributed by atoms with E-state index in [1.54, 1.807) is 18.3 Å². The van der Waals surface area contributed by atoms with Crippen LogP contribution < -0.4 is 21.3 Å². The lowest BCUT2D eigenvalue weighted by molar-refractivity contribution is 0.1000. The van der Waals surface area contributed by atoms with Gasteiger partial charge in [-0.15, -0.1) is 0 Å². The van der Waals surface area contributed by atoms with Crippen molar-refractivity contribution in [2.75, 3.05) is 29.9 Å². The molecule has 5 N–H and O–H groups in total. The number of amides is 2. The predicted octanol–water partition coefficient (Wildman–Crippen LogP) is 3.47. The lowest BCUT2D eigenvalue weighted by atomic mass is 9.95. The van der Waals surface area contributed by atoms with Gasteiger partial charge in [-0.05, 0) is 55.9 Å². The minimum absolute atomic E-state index is 0.296. The number of hydrogen-bond donors (Lipinski definition) is 4. The summed E-state index contributed by atoms with van der Waals surface area (Å²) in [5, 5.41) is 14.8. The summed E-state index contributed by atoms with van der Waals surface area (Å²) in [6.07, 6.45) is 8.56. The number of primary amides is 1. The summed E-state index contributed by atoms with van der Waals surface area (Å²) in [6.45, 7) is 1.94. The topological polar surface area (TPSA) is 133 Å². The van der Waals surface area contributed by atoms with E-state index in [0.29, 0.717) is 35.6 Å². The van der Waals surface area contributed by atoms with Crippen molar-refractivity contribution >= 4 is 23.6 Å². The van der Waals surface area contributed by atoms with E-state index in [9.17, 15) is 9.59 Å². The van der Waals surface area contributed by atoms with E-state index in [1.807, 2.05) is 12.1 Å². The maximum absolute atomic E-state index is 12.0. The Labute approximate surface area is 193 Å². The van der Waals surface area contributed by atoms with E-state index in [-0.39, 0.29) is 0 Å². The van der Waals surface area contributed by atoms with Crippen LogP contribution in [0.2, 0.25) is 0 Å². The highest BCUT2D eigenvalue weighted by molar-refractivity contribution is 5.94. The molecule has 2 fully saturated rings. The third kappa shape index (κ3) is 6.12. The number of nitrogens with one attached hydrogen (secondary N) is 2. The van der Waals surface area contributed by atoms with Gasteiger partial charge in [0.25, 0.3) is 0 Å². The molecule has 2 aromatic heterocycles. The molecule has 2 aromatic rings. The first-order valence-corrected chi connectivity index (χ1v) is 11.7. The Kier molecular flexibility index (Phi) is 7.26. The van der Waals surface area contributed by atoms with E-state index < -0.39 is 12.0 Å². The van der Waals surface area contributed by atoms with Crippen LogP contribution in [0.25, 0.3) is 11.3 Å². The van der Waals surface area contributed by atoms with E-state index in [4.69, 9.17) is 15.8 Å². The highest BCUT2D eigenvalue weighted by Crippen LogP contribution is 2.28. The van der Waals surface area contributed by atoms with Crippen LogP contribution in [0.5, 0.6) is 0 Å². The summed E-state index contributed by atoms with van der Waals surface area (Å²) in [7, 11) is 0. The fourth-order valence-electron chi connectivity index (χ4n) is 4.69. The second-order valence-corrected chi connectivity index (χ2v) is 8.99. The molecule has 1 saturated carbocycles. The number of rotatable bonds is 7. The molecular weight excluding hydrogens is 420 g/mol. The number of carbonyl (C=O) groups is 2. The second kappa shape index (κ2) is 10.5. The Morgan fingerprint density at radius 1 is 1.09 bits per heavy atom. The van der Waals surface area contributed by atoms with Crippen molar-refractivity contribution in [1.29, 1.82) is 0 Å². The Balaban J connectivity index is 1.52. The first-order chi connectivity index (χ1) is 16.0. The summed E-state index contributed by atoms with van der Waals surface area (Å²) in [5.74, 6) is 1.34. The number of piperidine rings is 1. The summed E-state index contributed by atoms with van der Waals surface area (Å²) < 4.78 is 0. The Hall–Kier alpha value is -3.36. The first kappa shape index (κ1) is 22.8. The molecule has 2 amide bonds. The van der Waals surface area contributed by atoms with Crippen LogP contribution in [0.15, 0.2) is 30.5 Å². The third-order valence-corrected chi connectivity index (χ3v) is 6.59. The first-order valence-electron chi connectivity index (χ1n) is 11.7. The van der Waals surface area contributed by atoms with Crippen molar-refractivity contribution in [3.05, 3.63) is 36.0 Å². The van der Waals surface area contributed by atoms with Gasteiger partial charge in [-0.2, -0.15) is 0 Å². The van der Waals surface area contributed by atoms with Crippen LogP contribution in [0, 0.1) is 5.92 Å². The molecule has 1 aliphatic heterocycles. The summed E-state index contributed by atoms with van der Waals surface area (Å²) in [6, 6.07) is 7.79. The SMILES string of the molecule is NC(=O)c1cc(-c2ccnc(NC3CCCCC3)c2)nc(N2CCC(CNC(=O)O)CC2)c1. The molecule has 0 aromatic carbocycles. The standard InChI is InChI=1S/C24H32N6O3/c25-23(31)18-12-20(17-6-9-26-21(13-17)28-19-4-2-1-3-5-19)29-22(14-18)30-10-7-16(8-11-30)15-27-24(32)33/h6,9,12-14,16,19,27H,1-5,7-8,10-11,15H2,(H2,25,31)(H,26,28)(H,32,33). The minimum Gasteiger partial charge on any atom is -0.465 e. The molecule has 9 nitrogen and oxygen atoms in total. The second-order valence-electron chi connectivity index (χ2n) is 8.99. The van der Waals surface area contributed by atoms with Gasteiger partial charge in [0, 0.05) is 43.0 Å². The van der Waals surface area contributed by atoms with Crippen molar-refractivity contribution in [2.24, 2.45) is 11.7 Å². The van der Waals surface area contributed by atoms with Crippen molar-refractivity contribution in [3.8, 4) is 11.3 Å². The van der Waals surface area contributed by atoms with Crippen molar-refractivity contribution in [1.82, 2.24) is 15.3 Å². The average molecular weight is 453 g/mol. The van der Waals surface area contributed by atoms with Crippen LogP contribution in [-0.2, 0) is 0 Å².